The van der Waals surface area contributed by atoms with E-state index in [1.54, 1.807) is 0 Å². The number of rotatable bonds is 1. The molecular weight excluding hydrogens is 232 g/mol. The van der Waals surface area contributed by atoms with Crippen LogP contribution in [0.15, 0.2) is 42.5 Å². The molecule has 0 saturated heterocycles. The molecule has 0 fully saturated rings. The van der Waals surface area contributed by atoms with Crippen molar-refractivity contribution in [1.29, 1.82) is 0 Å². The molecule has 1 aliphatic heterocycles. The minimum atomic E-state index is -0.328. The molecule has 0 bridgehead atoms. The molecular formula is C15H13F2N. The van der Waals surface area contributed by atoms with Gasteiger partial charge in [0.2, 0.25) is 0 Å². The van der Waals surface area contributed by atoms with Crippen molar-refractivity contribution in [3.05, 3.63) is 70.8 Å². The monoisotopic (exact) mass is 245 g/mol. The Morgan fingerprint density at radius 3 is 2.28 bits per heavy atom. The van der Waals surface area contributed by atoms with Crippen LogP contribution < -0.4 is 5.32 Å². The van der Waals surface area contributed by atoms with Crippen LogP contribution in [0, 0.1) is 11.6 Å². The number of halogens is 2. The lowest BCUT2D eigenvalue weighted by molar-refractivity contribution is 0.457. The fraction of sp³-hybridized carbons (Fsp3) is 0.200. The smallest absolute Gasteiger partial charge is 0.128 e. The Kier molecular flexibility index (Phi) is 2.84. The molecule has 0 aliphatic carbocycles. The molecule has 1 heterocycles. The highest BCUT2D eigenvalue weighted by atomic mass is 19.1. The first kappa shape index (κ1) is 11.4. The van der Waals surface area contributed by atoms with Gasteiger partial charge in [0.05, 0.1) is 0 Å². The van der Waals surface area contributed by atoms with Crippen molar-refractivity contribution >= 4 is 0 Å². The molecule has 3 heteroatoms. The van der Waals surface area contributed by atoms with E-state index in [9.17, 15) is 8.78 Å². The summed E-state index contributed by atoms with van der Waals surface area (Å²) >= 11 is 0. The Hall–Kier alpha value is -1.74. The molecule has 1 aliphatic rings. The van der Waals surface area contributed by atoms with E-state index in [4.69, 9.17) is 0 Å². The van der Waals surface area contributed by atoms with Gasteiger partial charge in [-0.3, -0.25) is 0 Å². The van der Waals surface area contributed by atoms with E-state index in [2.05, 4.69) is 5.32 Å². The van der Waals surface area contributed by atoms with Gasteiger partial charge in [-0.1, -0.05) is 30.3 Å². The van der Waals surface area contributed by atoms with Gasteiger partial charge >= 0.3 is 0 Å². The first-order valence-electron chi connectivity index (χ1n) is 6.00. The SMILES string of the molecule is Fc1ccc(F)c2c1CNC(c1ccccc1)C2. The summed E-state index contributed by atoms with van der Waals surface area (Å²) in [5.74, 6) is -0.640. The normalized spacial score (nSPS) is 18.4. The van der Waals surface area contributed by atoms with E-state index < -0.39 is 0 Å². The van der Waals surface area contributed by atoms with Crippen LogP contribution in [0.25, 0.3) is 0 Å². The van der Waals surface area contributed by atoms with Gasteiger partial charge in [-0.2, -0.15) is 0 Å². The number of nitrogens with one attached hydrogen (secondary N) is 1. The fourth-order valence-electron chi connectivity index (χ4n) is 2.47. The molecule has 3 rings (SSSR count). The number of hydrogen-bond donors (Lipinski definition) is 1. The van der Waals surface area contributed by atoms with E-state index in [0.29, 0.717) is 24.1 Å². The van der Waals surface area contributed by atoms with Crippen LogP contribution in [-0.4, -0.2) is 0 Å². The average Bonchev–Trinajstić information content (AvgIpc) is 2.44. The summed E-state index contributed by atoms with van der Waals surface area (Å²) in [6.45, 7) is 0.373. The third-order valence-electron chi connectivity index (χ3n) is 3.45. The molecule has 0 spiro atoms. The van der Waals surface area contributed by atoms with E-state index in [1.807, 2.05) is 30.3 Å². The first-order chi connectivity index (χ1) is 8.75. The standard InChI is InChI=1S/C15H13F2N/c16-13-6-7-14(17)12-9-18-15(8-11(12)13)10-4-2-1-3-5-10/h1-7,15,18H,8-9H2. The maximum absolute atomic E-state index is 13.7. The quantitative estimate of drug-likeness (QED) is 0.812. The summed E-state index contributed by atoms with van der Waals surface area (Å²) < 4.78 is 27.3. The number of benzene rings is 2. The van der Waals surface area contributed by atoms with Crippen molar-refractivity contribution in [3.8, 4) is 0 Å². The van der Waals surface area contributed by atoms with Crippen molar-refractivity contribution in [2.45, 2.75) is 19.0 Å². The second kappa shape index (κ2) is 4.50. The van der Waals surface area contributed by atoms with Crippen molar-refractivity contribution in [2.75, 3.05) is 0 Å². The summed E-state index contributed by atoms with van der Waals surface area (Å²) in [4.78, 5) is 0. The third-order valence-corrected chi connectivity index (χ3v) is 3.45. The van der Waals surface area contributed by atoms with Crippen molar-refractivity contribution in [2.24, 2.45) is 0 Å². The van der Waals surface area contributed by atoms with E-state index in [-0.39, 0.29) is 17.7 Å². The molecule has 0 amide bonds. The summed E-state index contributed by atoms with van der Waals surface area (Å²) in [6.07, 6.45) is 0.489. The van der Waals surface area contributed by atoms with Crippen molar-refractivity contribution in [3.63, 3.8) is 0 Å². The summed E-state index contributed by atoms with van der Waals surface area (Å²) in [6, 6.07) is 12.3. The first-order valence-corrected chi connectivity index (χ1v) is 6.00. The molecule has 1 N–H and O–H groups in total. The zero-order chi connectivity index (χ0) is 12.5. The van der Waals surface area contributed by atoms with Gasteiger partial charge in [0.15, 0.2) is 0 Å². The molecule has 0 aromatic heterocycles. The molecule has 0 radical (unpaired) electrons. The lowest BCUT2D eigenvalue weighted by Gasteiger charge is -2.27. The highest BCUT2D eigenvalue weighted by Crippen LogP contribution is 2.29. The van der Waals surface area contributed by atoms with Crippen LogP contribution >= 0.6 is 0 Å². The Bertz CT molecular complexity index is 566. The van der Waals surface area contributed by atoms with Crippen LogP contribution in [0.1, 0.15) is 22.7 Å². The largest absolute Gasteiger partial charge is 0.305 e. The molecule has 1 unspecified atom stereocenters. The van der Waals surface area contributed by atoms with Gasteiger partial charge in [0, 0.05) is 18.2 Å². The number of hydrogen-bond acceptors (Lipinski definition) is 1. The maximum atomic E-state index is 13.7. The van der Waals surface area contributed by atoms with Gasteiger partial charge in [-0.25, -0.2) is 8.78 Å². The van der Waals surface area contributed by atoms with Crippen LogP contribution in [0.2, 0.25) is 0 Å². The zero-order valence-electron chi connectivity index (χ0n) is 9.79. The van der Waals surface area contributed by atoms with Gasteiger partial charge in [0.1, 0.15) is 11.6 Å². The molecule has 1 nitrogen and oxygen atoms in total. The molecule has 2 aromatic carbocycles. The van der Waals surface area contributed by atoms with Crippen molar-refractivity contribution < 1.29 is 8.78 Å². The van der Waals surface area contributed by atoms with E-state index in [0.717, 1.165) is 5.56 Å². The minimum absolute atomic E-state index is 0.0509. The van der Waals surface area contributed by atoms with E-state index in [1.165, 1.54) is 12.1 Å². The molecule has 1 atom stereocenters. The summed E-state index contributed by atoms with van der Waals surface area (Å²) in [7, 11) is 0. The van der Waals surface area contributed by atoms with Gasteiger partial charge in [-0.15, -0.1) is 0 Å². The second-order valence-electron chi connectivity index (χ2n) is 4.53. The lowest BCUT2D eigenvalue weighted by Crippen LogP contribution is -2.30. The van der Waals surface area contributed by atoms with Gasteiger partial charge in [0.25, 0.3) is 0 Å². The van der Waals surface area contributed by atoms with Crippen LogP contribution in [0.3, 0.4) is 0 Å². The van der Waals surface area contributed by atoms with Crippen LogP contribution in [0.4, 0.5) is 8.78 Å². The molecule has 0 saturated carbocycles. The lowest BCUT2D eigenvalue weighted by atomic mass is 9.91. The molecule has 2 aromatic rings. The fourth-order valence-corrected chi connectivity index (χ4v) is 2.47. The molecule has 92 valence electrons. The van der Waals surface area contributed by atoms with Gasteiger partial charge in [-0.05, 0) is 29.7 Å². The Morgan fingerprint density at radius 1 is 0.889 bits per heavy atom. The highest BCUT2D eigenvalue weighted by molar-refractivity contribution is 5.35. The second-order valence-corrected chi connectivity index (χ2v) is 4.53. The molecule has 18 heavy (non-hydrogen) atoms. The van der Waals surface area contributed by atoms with Crippen LogP contribution in [0.5, 0.6) is 0 Å². The summed E-state index contributed by atoms with van der Waals surface area (Å²) in [5, 5.41) is 3.25. The van der Waals surface area contributed by atoms with Gasteiger partial charge < -0.3 is 5.32 Å². The Labute approximate surface area is 104 Å². The summed E-state index contributed by atoms with van der Waals surface area (Å²) in [5.41, 5.74) is 2.07. The minimum Gasteiger partial charge on any atom is -0.305 e. The number of fused-ring (bicyclic) bond motifs is 1. The highest BCUT2D eigenvalue weighted by Gasteiger charge is 2.24. The topological polar surface area (TPSA) is 12.0 Å². The Morgan fingerprint density at radius 2 is 1.56 bits per heavy atom. The Balaban J connectivity index is 1.96. The predicted octanol–water partition coefficient (Wildman–Crippen LogP) is 3.35. The maximum Gasteiger partial charge on any atom is 0.128 e. The zero-order valence-corrected chi connectivity index (χ0v) is 9.79. The average molecular weight is 245 g/mol. The third kappa shape index (κ3) is 1.91. The van der Waals surface area contributed by atoms with Crippen LogP contribution in [-0.2, 0) is 13.0 Å². The predicted molar refractivity (Wildman–Crippen MR) is 66.1 cm³/mol. The van der Waals surface area contributed by atoms with E-state index >= 15 is 0 Å². The van der Waals surface area contributed by atoms with Crippen molar-refractivity contribution in [1.82, 2.24) is 5.32 Å².